The molecule has 0 aromatic heterocycles. The number of hydrogen-bond acceptors (Lipinski definition) is 3. The number of amides is 1. The lowest BCUT2D eigenvalue weighted by atomic mass is 9.69. The van der Waals surface area contributed by atoms with Crippen LogP contribution in [-0.4, -0.2) is 38.8 Å². The van der Waals surface area contributed by atoms with Gasteiger partial charge in [0.05, 0.1) is 4.90 Å². The molecule has 1 fully saturated rings. The van der Waals surface area contributed by atoms with E-state index in [1.807, 2.05) is 0 Å². The molecule has 0 radical (unpaired) electrons. The average molecular weight is 381 g/mol. The van der Waals surface area contributed by atoms with E-state index in [0.29, 0.717) is 16.9 Å². The Morgan fingerprint density at radius 1 is 1.19 bits per heavy atom. The average Bonchev–Trinajstić information content (AvgIpc) is 2.62. The Kier molecular flexibility index (Phi) is 6.51. The molecule has 0 aliphatic heterocycles. The van der Waals surface area contributed by atoms with Crippen molar-refractivity contribution in [2.75, 3.05) is 14.1 Å². The molecule has 0 bridgehead atoms. The molecule has 0 unspecified atom stereocenters. The SMILES string of the molecule is CCC(C)(C)C1CCC(NC(=O)c2cccc(S(=O)(=O)N(C)C)c2)CC1. The molecule has 1 aromatic carbocycles. The second-order valence-electron chi connectivity index (χ2n) is 8.18. The van der Waals surface area contributed by atoms with Crippen LogP contribution in [0.4, 0.5) is 0 Å². The Balaban J connectivity index is 2.02. The number of carbonyl (C=O) groups is 1. The van der Waals surface area contributed by atoms with Crippen LogP contribution in [0.25, 0.3) is 0 Å². The maximum absolute atomic E-state index is 12.6. The fourth-order valence-electron chi connectivity index (χ4n) is 3.59. The van der Waals surface area contributed by atoms with Crippen LogP contribution in [-0.2, 0) is 10.0 Å². The van der Waals surface area contributed by atoms with Crippen LogP contribution in [0, 0.1) is 11.3 Å². The van der Waals surface area contributed by atoms with Gasteiger partial charge in [-0.25, -0.2) is 12.7 Å². The van der Waals surface area contributed by atoms with Gasteiger partial charge < -0.3 is 5.32 Å². The van der Waals surface area contributed by atoms with Crippen LogP contribution in [0.5, 0.6) is 0 Å². The quantitative estimate of drug-likeness (QED) is 0.819. The van der Waals surface area contributed by atoms with Crippen molar-refractivity contribution >= 4 is 15.9 Å². The highest BCUT2D eigenvalue weighted by Crippen LogP contribution is 2.40. The largest absolute Gasteiger partial charge is 0.349 e. The Morgan fingerprint density at radius 3 is 2.35 bits per heavy atom. The molecule has 26 heavy (non-hydrogen) atoms. The van der Waals surface area contributed by atoms with Crippen LogP contribution in [0.1, 0.15) is 63.2 Å². The Bertz CT molecular complexity index is 733. The summed E-state index contributed by atoms with van der Waals surface area (Å²) in [6, 6.07) is 6.42. The maximum atomic E-state index is 12.6. The van der Waals surface area contributed by atoms with Gasteiger partial charge in [-0.05, 0) is 55.2 Å². The monoisotopic (exact) mass is 380 g/mol. The van der Waals surface area contributed by atoms with Gasteiger partial charge in [-0.1, -0.05) is 33.3 Å². The summed E-state index contributed by atoms with van der Waals surface area (Å²) < 4.78 is 25.7. The number of sulfonamides is 1. The highest BCUT2D eigenvalue weighted by Gasteiger charge is 2.32. The van der Waals surface area contributed by atoms with Crippen LogP contribution >= 0.6 is 0 Å². The van der Waals surface area contributed by atoms with Crippen LogP contribution in [0.3, 0.4) is 0 Å². The van der Waals surface area contributed by atoms with E-state index in [9.17, 15) is 13.2 Å². The predicted molar refractivity (Wildman–Crippen MR) is 105 cm³/mol. The van der Waals surface area contributed by atoms with E-state index in [2.05, 4.69) is 26.1 Å². The zero-order valence-corrected chi connectivity index (χ0v) is 17.4. The predicted octanol–water partition coefficient (Wildman–Crippen LogP) is 3.66. The first kappa shape index (κ1) is 20.9. The first-order valence-corrected chi connectivity index (χ1v) is 10.9. The van der Waals surface area contributed by atoms with E-state index >= 15 is 0 Å². The van der Waals surface area contributed by atoms with E-state index in [-0.39, 0.29) is 16.8 Å². The van der Waals surface area contributed by atoms with Gasteiger partial charge in [0.1, 0.15) is 0 Å². The normalized spacial score (nSPS) is 21.6. The second-order valence-corrected chi connectivity index (χ2v) is 10.3. The van der Waals surface area contributed by atoms with Crippen molar-refractivity contribution in [3.8, 4) is 0 Å². The maximum Gasteiger partial charge on any atom is 0.251 e. The third-order valence-electron chi connectivity index (χ3n) is 5.95. The van der Waals surface area contributed by atoms with E-state index in [0.717, 1.165) is 30.0 Å². The van der Waals surface area contributed by atoms with Gasteiger partial charge in [0.2, 0.25) is 10.0 Å². The van der Waals surface area contributed by atoms with Crippen LogP contribution in [0.2, 0.25) is 0 Å². The van der Waals surface area contributed by atoms with Gasteiger partial charge in [-0.3, -0.25) is 4.79 Å². The van der Waals surface area contributed by atoms with Crippen LogP contribution < -0.4 is 5.32 Å². The summed E-state index contributed by atoms with van der Waals surface area (Å²) in [6.07, 6.45) is 5.38. The first-order chi connectivity index (χ1) is 12.1. The molecule has 1 saturated carbocycles. The lowest BCUT2D eigenvalue weighted by molar-refractivity contribution is 0.0893. The molecule has 0 atom stereocenters. The third kappa shape index (κ3) is 4.65. The number of nitrogens with zero attached hydrogens (tertiary/aromatic N) is 1. The van der Waals surface area contributed by atoms with Crippen molar-refractivity contribution < 1.29 is 13.2 Å². The topological polar surface area (TPSA) is 66.5 Å². The van der Waals surface area contributed by atoms with Gasteiger partial charge in [0.15, 0.2) is 0 Å². The highest BCUT2D eigenvalue weighted by molar-refractivity contribution is 7.89. The van der Waals surface area contributed by atoms with Gasteiger partial charge in [-0.2, -0.15) is 0 Å². The van der Waals surface area contributed by atoms with Crippen molar-refractivity contribution in [2.45, 2.75) is 63.8 Å². The van der Waals surface area contributed by atoms with Gasteiger partial charge in [0, 0.05) is 25.7 Å². The van der Waals surface area contributed by atoms with Crippen LogP contribution in [0.15, 0.2) is 29.2 Å². The fourth-order valence-corrected chi connectivity index (χ4v) is 4.53. The summed E-state index contributed by atoms with van der Waals surface area (Å²) in [5.74, 6) is 0.508. The summed E-state index contributed by atoms with van der Waals surface area (Å²) >= 11 is 0. The molecule has 0 spiro atoms. The molecule has 6 heteroatoms. The summed E-state index contributed by atoms with van der Waals surface area (Å²) in [6.45, 7) is 6.89. The van der Waals surface area contributed by atoms with Crippen molar-refractivity contribution in [3.63, 3.8) is 0 Å². The Morgan fingerprint density at radius 2 is 1.81 bits per heavy atom. The smallest absolute Gasteiger partial charge is 0.251 e. The molecule has 1 N–H and O–H groups in total. The number of benzene rings is 1. The lowest BCUT2D eigenvalue weighted by Gasteiger charge is -2.39. The summed E-state index contributed by atoms with van der Waals surface area (Å²) in [5, 5.41) is 3.09. The highest BCUT2D eigenvalue weighted by atomic mass is 32.2. The third-order valence-corrected chi connectivity index (χ3v) is 7.76. The van der Waals surface area contributed by atoms with Crippen molar-refractivity contribution in [3.05, 3.63) is 29.8 Å². The molecule has 0 saturated heterocycles. The molecule has 1 aliphatic rings. The molecule has 146 valence electrons. The standard InChI is InChI=1S/C20H32N2O3S/c1-6-20(2,3)16-10-12-17(13-11-16)21-19(23)15-8-7-9-18(14-15)26(24,25)22(4)5/h7-9,14,16-17H,6,10-13H2,1-5H3,(H,21,23). The van der Waals surface area contributed by atoms with E-state index in [4.69, 9.17) is 0 Å². The minimum absolute atomic E-state index is 0.142. The van der Waals surface area contributed by atoms with Crippen molar-refractivity contribution in [2.24, 2.45) is 11.3 Å². The molecule has 2 rings (SSSR count). The summed E-state index contributed by atoms with van der Waals surface area (Å²) in [7, 11) is -0.570. The fraction of sp³-hybridized carbons (Fsp3) is 0.650. The minimum Gasteiger partial charge on any atom is -0.349 e. The molecule has 1 amide bonds. The van der Waals surface area contributed by atoms with Crippen molar-refractivity contribution in [1.29, 1.82) is 0 Å². The Hall–Kier alpha value is -1.40. The number of carbonyl (C=O) groups excluding carboxylic acids is 1. The minimum atomic E-state index is -3.54. The molecular weight excluding hydrogens is 348 g/mol. The number of hydrogen-bond donors (Lipinski definition) is 1. The number of nitrogens with one attached hydrogen (secondary N) is 1. The zero-order valence-electron chi connectivity index (χ0n) is 16.6. The van der Waals surface area contributed by atoms with E-state index < -0.39 is 10.0 Å². The number of rotatable bonds is 6. The molecule has 5 nitrogen and oxygen atoms in total. The van der Waals surface area contributed by atoms with Gasteiger partial charge >= 0.3 is 0 Å². The van der Waals surface area contributed by atoms with Gasteiger partial charge in [-0.15, -0.1) is 0 Å². The van der Waals surface area contributed by atoms with E-state index in [1.165, 1.54) is 32.6 Å². The first-order valence-electron chi connectivity index (χ1n) is 9.41. The lowest BCUT2D eigenvalue weighted by Crippen LogP contribution is -2.40. The molecular formula is C20H32N2O3S. The van der Waals surface area contributed by atoms with Crippen molar-refractivity contribution in [1.82, 2.24) is 9.62 Å². The second kappa shape index (κ2) is 8.09. The molecule has 1 aliphatic carbocycles. The van der Waals surface area contributed by atoms with Gasteiger partial charge in [0.25, 0.3) is 5.91 Å². The zero-order chi connectivity index (χ0) is 19.5. The Labute approximate surface area is 158 Å². The van der Waals surface area contributed by atoms with E-state index in [1.54, 1.807) is 12.1 Å². The summed E-state index contributed by atoms with van der Waals surface area (Å²) in [5.41, 5.74) is 0.744. The molecule has 1 aromatic rings. The molecule has 0 heterocycles. The summed E-state index contributed by atoms with van der Waals surface area (Å²) in [4.78, 5) is 12.7.